The van der Waals surface area contributed by atoms with Crippen molar-refractivity contribution in [1.82, 2.24) is 0 Å². The first-order valence-corrected chi connectivity index (χ1v) is 9.26. The van der Waals surface area contributed by atoms with E-state index in [4.69, 9.17) is 4.74 Å². The van der Waals surface area contributed by atoms with Crippen molar-refractivity contribution in [2.24, 2.45) is 4.99 Å². The maximum atomic E-state index is 12.4. The first kappa shape index (κ1) is 16.9. The van der Waals surface area contributed by atoms with Gasteiger partial charge in [-0.25, -0.2) is 9.79 Å². The second-order valence-electron chi connectivity index (χ2n) is 6.33. The summed E-state index contributed by atoms with van der Waals surface area (Å²) < 4.78 is 5.26. The van der Waals surface area contributed by atoms with Crippen molar-refractivity contribution in [2.75, 3.05) is 6.61 Å². The first-order valence-electron chi connectivity index (χ1n) is 8.44. The number of aryl methyl sites for hydroxylation is 4. The minimum atomic E-state index is -0.235. The van der Waals surface area contributed by atoms with Gasteiger partial charge in [-0.1, -0.05) is 17.7 Å². The number of carbonyl (C=O) groups excluding carboxylic acids is 1. The molecule has 0 atom stereocenters. The van der Waals surface area contributed by atoms with Crippen LogP contribution in [0.5, 0.6) is 0 Å². The van der Waals surface area contributed by atoms with Crippen LogP contribution in [0, 0.1) is 20.8 Å². The molecule has 0 radical (unpaired) electrons. The first-order chi connectivity index (χ1) is 11.5. The number of thiophene rings is 1. The summed E-state index contributed by atoms with van der Waals surface area (Å²) in [4.78, 5) is 18.4. The summed E-state index contributed by atoms with van der Waals surface area (Å²) in [6.07, 6.45) is 5.02. The third kappa shape index (κ3) is 3.16. The summed E-state index contributed by atoms with van der Waals surface area (Å²) in [5, 5.41) is 0.789. The van der Waals surface area contributed by atoms with Crippen LogP contribution < -0.4 is 0 Å². The SMILES string of the molecule is CCOC(=O)c1c(N=Cc2c(C)cc(C)cc2C)sc2c1CCC2. The smallest absolute Gasteiger partial charge is 0.341 e. The van der Waals surface area contributed by atoms with E-state index in [1.807, 2.05) is 13.1 Å². The lowest BCUT2D eigenvalue weighted by Gasteiger charge is -2.07. The molecule has 2 aromatic rings. The predicted octanol–water partition coefficient (Wildman–Crippen LogP) is 5.09. The van der Waals surface area contributed by atoms with E-state index in [1.165, 1.54) is 21.6 Å². The Morgan fingerprint density at radius 1 is 1.25 bits per heavy atom. The lowest BCUT2D eigenvalue weighted by molar-refractivity contribution is 0.0527. The second kappa shape index (κ2) is 6.89. The fraction of sp³-hybridized carbons (Fsp3) is 0.400. The van der Waals surface area contributed by atoms with Gasteiger partial charge in [0.1, 0.15) is 5.00 Å². The van der Waals surface area contributed by atoms with Crippen LogP contribution in [0.3, 0.4) is 0 Å². The van der Waals surface area contributed by atoms with E-state index < -0.39 is 0 Å². The van der Waals surface area contributed by atoms with Crippen molar-refractivity contribution in [1.29, 1.82) is 0 Å². The largest absolute Gasteiger partial charge is 0.462 e. The third-order valence-electron chi connectivity index (χ3n) is 4.43. The average Bonchev–Trinajstić information content (AvgIpc) is 3.06. The second-order valence-corrected chi connectivity index (χ2v) is 7.41. The van der Waals surface area contributed by atoms with E-state index in [2.05, 4.69) is 37.9 Å². The van der Waals surface area contributed by atoms with Gasteiger partial charge in [-0.3, -0.25) is 0 Å². The molecule has 0 aliphatic heterocycles. The number of benzene rings is 1. The fourth-order valence-electron chi connectivity index (χ4n) is 3.41. The van der Waals surface area contributed by atoms with Gasteiger partial charge in [0, 0.05) is 11.1 Å². The zero-order valence-corrected chi connectivity index (χ0v) is 15.5. The highest BCUT2D eigenvalue weighted by atomic mass is 32.1. The molecule has 1 aromatic heterocycles. The number of fused-ring (bicyclic) bond motifs is 1. The minimum Gasteiger partial charge on any atom is -0.462 e. The van der Waals surface area contributed by atoms with Crippen LogP contribution >= 0.6 is 11.3 Å². The Kier molecular flexibility index (Phi) is 4.86. The van der Waals surface area contributed by atoms with Crippen LogP contribution in [0.4, 0.5) is 5.00 Å². The maximum Gasteiger partial charge on any atom is 0.341 e. The van der Waals surface area contributed by atoms with Gasteiger partial charge in [0.2, 0.25) is 0 Å². The lowest BCUT2D eigenvalue weighted by atomic mass is 10.0. The minimum absolute atomic E-state index is 0.235. The number of hydrogen-bond acceptors (Lipinski definition) is 4. The van der Waals surface area contributed by atoms with Crippen molar-refractivity contribution in [3.8, 4) is 0 Å². The van der Waals surface area contributed by atoms with E-state index in [0.29, 0.717) is 12.2 Å². The van der Waals surface area contributed by atoms with Gasteiger partial charge in [0.15, 0.2) is 0 Å². The zero-order valence-electron chi connectivity index (χ0n) is 14.7. The highest BCUT2D eigenvalue weighted by Gasteiger charge is 2.27. The number of aliphatic imine (C=N–C) groups is 1. The molecule has 4 heteroatoms. The van der Waals surface area contributed by atoms with E-state index in [9.17, 15) is 4.79 Å². The number of ether oxygens (including phenoxy) is 1. The average molecular weight is 341 g/mol. The molecule has 0 N–H and O–H groups in total. The number of hydrogen-bond donors (Lipinski definition) is 0. The summed E-state index contributed by atoms with van der Waals surface area (Å²) in [5.74, 6) is -0.235. The van der Waals surface area contributed by atoms with Gasteiger partial charge in [-0.15, -0.1) is 11.3 Å². The molecule has 3 nitrogen and oxygen atoms in total. The van der Waals surface area contributed by atoms with Crippen LogP contribution in [-0.4, -0.2) is 18.8 Å². The molecule has 0 unspecified atom stereocenters. The van der Waals surface area contributed by atoms with Gasteiger partial charge in [-0.2, -0.15) is 0 Å². The molecule has 0 bridgehead atoms. The molecule has 1 aliphatic carbocycles. The normalized spacial score (nSPS) is 13.5. The van der Waals surface area contributed by atoms with Gasteiger partial charge in [-0.05, 0) is 69.2 Å². The summed E-state index contributed by atoms with van der Waals surface area (Å²) in [6, 6.07) is 4.32. The molecular weight excluding hydrogens is 318 g/mol. The molecule has 1 heterocycles. The number of rotatable bonds is 4. The van der Waals surface area contributed by atoms with Gasteiger partial charge < -0.3 is 4.74 Å². The molecule has 0 spiro atoms. The van der Waals surface area contributed by atoms with Gasteiger partial charge >= 0.3 is 5.97 Å². The van der Waals surface area contributed by atoms with Crippen molar-refractivity contribution < 1.29 is 9.53 Å². The Balaban J connectivity index is 2.00. The third-order valence-corrected chi connectivity index (χ3v) is 5.63. The highest BCUT2D eigenvalue weighted by Crippen LogP contribution is 2.41. The summed E-state index contributed by atoms with van der Waals surface area (Å²) in [6.45, 7) is 8.53. The van der Waals surface area contributed by atoms with E-state index in [0.717, 1.165) is 35.4 Å². The Hall–Kier alpha value is -1.94. The Morgan fingerprint density at radius 2 is 1.96 bits per heavy atom. The zero-order chi connectivity index (χ0) is 17.3. The molecule has 0 fully saturated rings. The van der Waals surface area contributed by atoms with Crippen molar-refractivity contribution in [3.05, 3.63) is 50.4 Å². The Bertz CT molecular complexity index is 794. The summed E-state index contributed by atoms with van der Waals surface area (Å²) in [5.41, 5.74) is 6.64. The van der Waals surface area contributed by atoms with Crippen molar-refractivity contribution in [2.45, 2.75) is 47.0 Å². The van der Waals surface area contributed by atoms with Crippen LogP contribution in [0.25, 0.3) is 0 Å². The quantitative estimate of drug-likeness (QED) is 0.574. The maximum absolute atomic E-state index is 12.4. The summed E-state index contributed by atoms with van der Waals surface area (Å²) >= 11 is 1.64. The molecule has 0 saturated heterocycles. The van der Waals surface area contributed by atoms with Crippen LogP contribution in [0.15, 0.2) is 17.1 Å². The number of carbonyl (C=O) groups is 1. The molecule has 0 amide bonds. The van der Waals surface area contributed by atoms with Crippen molar-refractivity contribution >= 4 is 28.5 Å². The van der Waals surface area contributed by atoms with E-state index in [-0.39, 0.29) is 5.97 Å². The van der Waals surface area contributed by atoms with E-state index in [1.54, 1.807) is 11.3 Å². The Labute approximate surface area is 147 Å². The van der Waals surface area contributed by atoms with E-state index >= 15 is 0 Å². The molecule has 1 aromatic carbocycles. The lowest BCUT2D eigenvalue weighted by Crippen LogP contribution is -2.06. The van der Waals surface area contributed by atoms with Crippen molar-refractivity contribution in [3.63, 3.8) is 0 Å². The number of esters is 1. The monoisotopic (exact) mass is 341 g/mol. The predicted molar refractivity (Wildman–Crippen MR) is 100 cm³/mol. The molecule has 3 rings (SSSR count). The summed E-state index contributed by atoms with van der Waals surface area (Å²) in [7, 11) is 0. The van der Waals surface area contributed by atoms with Crippen LogP contribution in [0.1, 0.15) is 56.4 Å². The molecular formula is C20H23NO2S. The molecule has 0 saturated carbocycles. The standard InChI is InChI=1S/C20H23NO2S/c1-5-23-20(22)18-15-7-6-8-17(15)24-19(18)21-11-16-13(3)9-12(2)10-14(16)4/h9-11H,5-8H2,1-4H3. The van der Waals surface area contributed by atoms with Crippen LogP contribution in [-0.2, 0) is 17.6 Å². The van der Waals surface area contributed by atoms with Crippen LogP contribution in [0.2, 0.25) is 0 Å². The van der Waals surface area contributed by atoms with Gasteiger partial charge in [0.05, 0.1) is 12.2 Å². The highest BCUT2D eigenvalue weighted by molar-refractivity contribution is 7.16. The Morgan fingerprint density at radius 3 is 2.62 bits per heavy atom. The molecule has 1 aliphatic rings. The topological polar surface area (TPSA) is 38.7 Å². The fourth-order valence-corrected chi connectivity index (χ4v) is 4.63. The number of nitrogens with zero attached hydrogens (tertiary/aromatic N) is 1. The van der Waals surface area contributed by atoms with Gasteiger partial charge in [0.25, 0.3) is 0 Å². The molecule has 24 heavy (non-hydrogen) atoms. The molecule has 126 valence electrons.